The third-order valence-electron chi connectivity index (χ3n) is 6.19. The van der Waals surface area contributed by atoms with Gasteiger partial charge in [0.15, 0.2) is 16.9 Å². The molecule has 0 radical (unpaired) electrons. The highest BCUT2D eigenvalue weighted by atomic mass is 35.5. The van der Waals surface area contributed by atoms with Crippen molar-refractivity contribution in [3.63, 3.8) is 0 Å². The van der Waals surface area contributed by atoms with Crippen LogP contribution in [0.2, 0.25) is 5.02 Å². The Morgan fingerprint density at radius 3 is 2.44 bits per heavy atom. The van der Waals surface area contributed by atoms with E-state index in [-0.39, 0.29) is 22.7 Å². The first-order valence-electron chi connectivity index (χ1n) is 12.0. The number of aryl methyl sites for hydroxylation is 1. The molecule has 6 nitrogen and oxygen atoms in total. The highest BCUT2D eigenvalue weighted by Gasteiger charge is 2.44. The summed E-state index contributed by atoms with van der Waals surface area (Å²) in [5.74, 6) is 0.828. The molecular weight excluding hydrogens is 478 g/mol. The summed E-state index contributed by atoms with van der Waals surface area (Å²) in [4.78, 5) is 29.2. The van der Waals surface area contributed by atoms with Gasteiger partial charge in [0.25, 0.3) is 5.91 Å². The molecule has 0 spiro atoms. The minimum absolute atomic E-state index is 0.0321. The van der Waals surface area contributed by atoms with Crippen molar-refractivity contribution in [1.82, 2.24) is 0 Å². The Morgan fingerprint density at radius 1 is 0.944 bits per heavy atom. The summed E-state index contributed by atoms with van der Waals surface area (Å²) < 4.78 is 17.8. The zero-order chi connectivity index (χ0) is 25.4. The number of ether oxygens (including phenoxy) is 2. The lowest BCUT2D eigenvalue weighted by Gasteiger charge is -2.26. The molecule has 0 aliphatic carbocycles. The molecule has 1 atom stereocenters. The van der Waals surface area contributed by atoms with Gasteiger partial charge >= 0.3 is 0 Å². The second-order valence-electron chi connectivity index (χ2n) is 8.72. The molecule has 7 heteroatoms. The number of hydrogen-bond acceptors (Lipinski definition) is 5. The topological polar surface area (TPSA) is 69.0 Å². The highest BCUT2D eigenvalue weighted by molar-refractivity contribution is 6.31. The first kappa shape index (κ1) is 23.9. The van der Waals surface area contributed by atoms with Crippen molar-refractivity contribution >= 4 is 34.2 Å². The number of hydrogen-bond donors (Lipinski definition) is 0. The first-order valence-corrected chi connectivity index (χ1v) is 12.4. The summed E-state index contributed by atoms with van der Waals surface area (Å²) in [7, 11) is 0. The fourth-order valence-corrected chi connectivity index (χ4v) is 4.70. The van der Waals surface area contributed by atoms with E-state index in [1.807, 2.05) is 63.2 Å². The predicted octanol–water partition coefficient (Wildman–Crippen LogP) is 6.69. The Labute approximate surface area is 214 Å². The van der Waals surface area contributed by atoms with Gasteiger partial charge in [-0.25, -0.2) is 0 Å². The standard InChI is InChI=1S/C29H26ClNO5/c1-4-14-35-23-12-8-18(15-24(23)34-5-2)26-25-27(32)21-16-19(30)9-13-22(21)36-28(25)29(33)31(26)20-10-6-17(3)7-11-20/h6-13,15-16,26H,4-5,14H2,1-3H3. The van der Waals surface area contributed by atoms with Crippen LogP contribution < -0.4 is 19.8 Å². The van der Waals surface area contributed by atoms with Crippen LogP contribution in [0.4, 0.5) is 5.69 Å². The van der Waals surface area contributed by atoms with Gasteiger partial charge in [-0.15, -0.1) is 0 Å². The van der Waals surface area contributed by atoms with E-state index in [1.165, 1.54) is 0 Å². The van der Waals surface area contributed by atoms with Gasteiger partial charge < -0.3 is 13.9 Å². The zero-order valence-corrected chi connectivity index (χ0v) is 21.1. The summed E-state index contributed by atoms with van der Waals surface area (Å²) in [5, 5.41) is 0.750. The highest BCUT2D eigenvalue weighted by Crippen LogP contribution is 2.43. The zero-order valence-electron chi connectivity index (χ0n) is 20.3. The van der Waals surface area contributed by atoms with Gasteiger partial charge in [-0.1, -0.05) is 42.3 Å². The Bertz CT molecular complexity index is 1510. The summed E-state index contributed by atoms with van der Waals surface area (Å²) in [6.45, 7) is 6.90. The van der Waals surface area contributed by atoms with E-state index in [0.717, 1.165) is 12.0 Å². The smallest absolute Gasteiger partial charge is 0.295 e. The van der Waals surface area contributed by atoms with Crippen LogP contribution in [0.15, 0.2) is 69.9 Å². The molecule has 2 heterocycles. The molecule has 1 aromatic heterocycles. The summed E-state index contributed by atoms with van der Waals surface area (Å²) in [6, 6.07) is 17.2. The number of rotatable bonds is 7. The number of fused-ring (bicyclic) bond motifs is 2. The van der Waals surface area contributed by atoms with Crippen LogP contribution >= 0.6 is 11.6 Å². The fraction of sp³-hybridized carbons (Fsp3) is 0.241. The normalized spacial score (nSPS) is 14.8. The molecule has 0 saturated carbocycles. The Morgan fingerprint density at radius 2 is 1.72 bits per heavy atom. The first-order chi connectivity index (χ1) is 17.4. The second-order valence-corrected chi connectivity index (χ2v) is 9.15. The quantitative estimate of drug-likeness (QED) is 0.281. The minimum atomic E-state index is -0.714. The number of halogens is 1. The van der Waals surface area contributed by atoms with Gasteiger partial charge in [-0.05, 0) is 68.3 Å². The van der Waals surface area contributed by atoms with Crippen LogP contribution in [0.25, 0.3) is 11.0 Å². The molecule has 4 aromatic rings. The van der Waals surface area contributed by atoms with E-state index in [2.05, 4.69) is 0 Å². The van der Waals surface area contributed by atoms with Crippen molar-refractivity contribution in [2.45, 2.75) is 33.2 Å². The molecule has 36 heavy (non-hydrogen) atoms. The Hall–Kier alpha value is -3.77. The van der Waals surface area contributed by atoms with Gasteiger partial charge in [0.2, 0.25) is 5.76 Å². The van der Waals surface area contributed by atoms with E-state index >= 15 is 0 Å². The third kappa shape index (κ3) is 4.11. The van der Waals surface area contributed by atoms with Gasteiger partial charge in [0.05, 0.1) is 30.2 Å². The van der Waals surface area contributed by atoms with E-state index < -0.39 is 6.04 Å². The summed E-state index contributed by atoms with van der Waals surface area (Å²) in [5.41, 5.74) is 2.74. The lowest BCUT2D eigenvalue weighted by molar-refractivity contribution is 0.0971. The molecule has 1 unspecified atom stereocenters. The molecule has 184 valence electrons. The summed E-state index contributed by atoms with van der Waals surface area (Å²) >= 11 is 6.19. The largest absolute Gasteiger partial charge is 0.490 e. The number of carbonyl (C=O) groups excluding carboxylic acids is 1. The van der Waals surface area contributed by atoms with Crippen LogP contribution in [0.5, 0.6) is 11.5 Å². The third-order valence-corrected chi connectivity index (χ3v) is 6.42. The molecular formula is C29H26ClNO5. The lowest BCUT2D eigenvalue weighted by atomic mass is 9.97. The molecule has 0 bridgehead atoms. The molecule has 0 fully saturated rings. The molecule has 0 saturated heterocycles. The maximum Gasteiger partial charge on any atom is 0.295 e. The van der Waals surface area contributed by atoms with Crippen molar-refractivity contribution in [3.8, 4) is 11.5 Å². The van der Waals surface area contributed by atoms with E-state index in [0.29, 0.717) is 52.0 Å². The molecule has 1 amide bonds. The monoisotopic (exact) mass is 503 g/mol. The van der Waals surface area contributed by atoms with Gasteiger partial charge in [0.1, 0.15) is 5.58 Å². The van der Waals surface area contributed by atoms with Crippen LogP contribution in [-0.2, 0) is 0 Å². The van der Waals surface area contributed by atoms with E-state index in [9.17, 15) is 9.59 Å². The molecule has 3 aromatic carbocycles. The van der Waals surface area contributed by atoms with Crippen molar-refractivity contribution < 1.29 is 18.7 Å². The maximum absolute atomic E-state index is 13.8. The van der Waals surface area contributed by atoms with Gasteiger partial charge in [0, 0.05) is 10.7 Å². The maximum atomic E-state index is 13.8. The number of carbonyl (C=O) groups is 1. The Kier molecular flexibility index (Phi) is 6.46. The number of nitrogens with zero attached hydrogens (tertiary/aromatic N) is 1. The molecule has 0 N–H and O–H groups in total. The average molecular weight is 504 g/mol. The van der Waals surface area contributed by atoms with Crippen LogP contribution in [0.1, 0.15) is 53.6 Å². The van der Waals surface area contributed by atoms with E-state index in [1.54, 1.807) is 23.1 Å². The van der Waals surface area contributed by atoms with Gasteiger partial charge in [-0.2, -0.15) is 0 Å². The van der Waals surface area contributed by atoms with Crippen LogP contribution in [0.3, 0.4) is 0 Å². The number of anilines is 1. The number of benzene rings is 3. The summed E-state index contributed by atoms with van der Waals surface area (Å²) in [6.07, 6.45) is 0.857. The molecule has 1 aliphatic heterocycles. The van der Waals surface area contributed by atoms with Crippen LogP contribution in [-0.4, -0.2) is 19.1 Å². The van der Waals surface area contributed by atoms with Crippen molar-refractivity contribution in [2.75, 3.05) is 18.1 Å². The second kappa shape index (κ2) is 9.70. The average Bonchev–Trinajstić information content (AvgIpc) is 3.17. The molecule has 1 aliphatic rings. The minimum Gasteiger partial charge on any atom is -0.490 e. The SMILES string of the molecule is CCCOc1ccc(C2c3c(oc4ccc(Cl)cc4c3=O)C(=O)N2c2ccc(C)cc2)cc1OCC. The van der Waals surface area contributed by atoms with Crippen molar-refractivity contribution in [3.05, 3.63) is 98.4 Å². The number of amides is 1. The van der Waals surface area contributed by atoms with E-state index in [4.69, 9.17) is 25.5 Å². The predicted molar refractivity (Wildman–Crippen MR) is 141 cm³/mol. The van der Waals surface area contributed by atoms with Gasteiger partial charge in [-0.3, -0.25) is 14.5 Å². The van der Waals surface area contributed by atoms with Crippen molar-refractivity contribution in [1.29, 1.82) is 0 Å². The lowest BCUT2D eigenvalue weighted by Crippen LogP contribution is -2.29. The Balaban J connectivity index is 1.75. The molecule has 5 rings (SSSR count). The van der Waals surface area contributed by atoms with Crippen LogP contribution in [0, 0.1) is 6.92 Å². The fourth-order valence-electron chi connectivity index (χ4n) is 4.53. The van der Waals surface area contributed by atoms with Crippen molar-refractivity contribution in [2.24, 2.45) is 0 Å².